The van der Waals surface area contributed by atoms with Gasteiger partial charge in [-0.1, -0.05) is 7.43 Å². The Morgan fingerprint density at radius 2 is 2.47 bits per heavy atom. The smallest absolute Gasteiger partial charge is 0.326 e. The number of nitrogens with zero attached hydrogens (tertiary/aromatic N) is 1. The Morgan fingerprint density at radius 1 is 1.65 bits per heavy atom. The van der Waals surface area contributed by atoms with E-state index >= 15 is 0 Å². The van der Waals surface area contributed by atoms with Crippen LogP contribution < -0.4 is 5.32 Å². The van der Waals surface area contributed by atoms with Crippen molar-refractivity contribution in [2.75, 3.05) is 5.32 Å². The fourth-order valence-corrected chi connectivity index (χ4v) is 2.02. The van der Waals surface area contributed by atoms with E-state index < -0.39 is 12.0 Å². The van der Waals surface area contributed by atoms with Crippen LogP contribution in [-0.2, 0) is 11.2 Å². The highest BCUT2D eigenvalue weighted by Crippen LogP contribution is 2.17. The Hall–Kier alpha value is -1.82. The van der Waals surface area contributed by atoms with E-state index in [2.05, 4.69) is 15.3 Å². The topological polar surface area (TPSA) is 78.0 Å². The summed E-state index contributed by atoms with van der Waals surface area (Å²) < 4.78 is 0. The van der Waals surface area contributed by atoms with Crippen molar-refractivity contribution in [2.24, 2.45) is 0 Å². The van der Waals surface area contributed by atoms with E-state index in [4.69, 9.17) is 5.11 Å². The van der Waals surface area contributed by atoms with Gasteiger partial charge in [0.05, 0.1) is 11.3 Å². The third-order valence-corrected chi connectivity index (χ3v) is 2.92. The lowest BCUT2D eigenvalue weighted by Gasteiger charge is -2.12. The molecule has 2 rings (SSSR count). The first kappa shape index (κ1) is 13.2. The molecular weight excluding hydrogens is 238 g/mol. The summed E-state index contributed by atoms with van der Waals surface area (Å²) >= 11 is 1.48. The lowest BCUT2D eigenvalue weighted by atomic mass is 10.1. The molecule has 1 unspecified atom stereocenters. The molecule has 17 heavy (non-hydrogen) atoms. The maximum absolute atomic E-state index is 11.1. The van der Waals surface area contributed by atoms with Crippen LogP contribution in [0.2, 0.25) is 0 Å². The van der Waals surface area contributed by atoms with Crippen molar-refractivity contribution in [3.63, 3.8) is 0 Å². The molecule has 0 radical (unpaired) electrons. The molecule has 0 aliphatic rings. The summed E-state index contributed by atoms with van der Waals surface area (Å²) in [5, 5.41) is 14.8. The van der Waals surface area contributed by atoms with Gasteiger partial charge in [0, 0.05) is 18.3 Å². The van der Waals surface area contributed by atoms with E-state index in [-0.39, 0.29) is 7.43 Å². The molecule has 0 amide bonds. The Morgan fingerprint density at radius 3 is 3.00 bits per heavy atom. The molecular formula is C11H15N3O2S. The maximum Gasteiger partial charge on any atom is 0.326 e. The first-order chi connectivity index (χ1) is 7.75. The summed E-state index contributed by atoms with van der Waals surface area (Å²) in [6.45, 7) is 0. The molecule has 2 aromatic rings. The molecule has 2 aromatic heterocycles. The third kappa shape index (κ3) is 3.60. The van der Waals surface area contributed by atoms with Crippen LogP contribution in [0.4, 0.5) is 5.00 Å². The van der Waals surface area contributed by atoms with Gasteiger partial charge in [0.2, 0.25) is 0 Å². The molecule has 0 aliphatic heterocycles. The van der Waals surface area contributed by atoms with E-state index in [0.717, 1.165) is 10.7 Å². The van der Waals surface area contributed by atoms with Gasteiger partial charge in [0.15, 0.2) is 0 Å². The van der Waals surface area contributed by atoms with Crippen LogP contribution in [0.15, 0.2) is 30.0 Å². The maximum atomic E-state index is 11.1. The molecule has 0 saturated carbocycles. The number of carboxylic acids is 1. The van der Waals surface area contributed by atoms with Gasteiger partial charge in [0.25, 0.3) is 0 Å². The molecule has 92 valence electrons. The Balaban J connectivity index is 0.00000144. The predicted molar refractivity (Wildman–Crippen MR) is 68.4 cm³/mol. The van der Waals surface area contributed by atoms with E-state index in [1.165, 1.54) is 11.3 Å². The van der Waals surface area contributed by atoms with Crippen molar-refractivity contribution < 1.29 is 9.90 Å². The molecule has 1 atom stereocenters. The number of carboxylic acid groups (broad SMARTS) is 1. The van der Waals surface area contributed by atoms with Crippen molar-refractivity contribution >= 4 is 22.3 Å². The van der Waals surface area contributed by atoms with Crippen LogP contribution in [0, 0.1) is 0 Å². The monoisotopic (exact) mass is 253 g/mol. The van der Waals surface area contributed by atoms with Crippen LogP contribution in [0.3, 0.4) is 0 Å². The van der Waals surface area contributed by atoms with E-state index in [9.17, 15) is 4.79 Å². The Labute approximate surface area is 104 Å². The van der Waals surface area contributed by atoms with E-state index in [1.54, 1.807) is 12.5 Å². The quantitative estimate of drug-likeness (QED) is 0.763. The largest absolute Gasteiger partial charge is 0.480 e. The number of imidazole rings is 1. The molecule has 0 bridgehead atoms. The second-order valence-electron chi connectivity index (χ2n) is 3.29. The summed E-state index contributed by atoms with van der Waals surface area (Å²) in [4.78, 5) is 17.8. The minimum Gasteiger partial charge on any atom is -0.480 e. The lowest BCUT2D eigenvalue weighted by molar-refractivity contribution is -0.137. The molecule has 0 saturated heterocycles. The fraction of sp³-hybridized carbons (Fsp3) is 0.273. The Bertz CT molecular complexity index is 403. The molecule has 6 heteroatoms. The number of H-pyrrole nitrogens is 1. The number of aromatic amines is 1. The fourth-order valence-electron chi connectivity index (χ4n) is 1.35. The summed E-state index contributed by atoms with van der Waals surface area (Å²) in [5.41, 5.74) is 0.802. The van der Waals surface area contributed by atoms with Gasteiger partial charge in [-0.2, -0.15) is 0 Å². The minimum atomic E-state index is -0.872. The highest BCUT2D eigenvalue weighted by atomic mass is 32.1. The van der Waals surface area contributed by atoms with Gasteiger partial charge in [-0.3, -0.25) is 0 Å². The number of hydrogen-bond donors (Lipinski definition) is 3. The van der Waals surface area contributed by atoms with Crippen molar-refractivity contribution in [1.82, 2.24) is 9.97 Å². The number of aromatic nitrogens is 2. The van der Waals surface area contributed by atoms with Crippen LogP contribution in [0.5, 0.6) is 0 Å². The van der Waals surface area contributed by atoms with Crippen LogP contribution in [-0.4, -0.2) is 27.1 Å². The van der Waals surface area contributed by atoms with Gasteiger partial charge in [-0.05, 0) is 17.5 Å². The standard InChI is InChI=1S/C10H11N3O2S.CH4/c14-10(15)8(4-7-5-11-6-12-7)13-9-2-1-3-16-9;/h1-3,5-6,8,13H,4H2,(H,11,12)(H,14,15);1H4. The molecule has 0 spiro atoms. The first-order valence-corrected chi connectivity index (χ1v) is 5.64. The average molecular weight is 253 g/mol. The van der Waals surface area contributed by atoms with Crippen LogP contribution >= 0.6 is 11.3 Å². The highest BCUT2D eigenvalue weighted by Gasteiger charge is 2.18. The molecule has 2 heterocycles. The molecule has 0 fully saturated rings. The lowest BCUT2D eigenvalue weighted by Crippen LogP contribution is -2.31. The van der Waals surface area contributed by atoms with E-state index in [1.807, 2.05) is 17.5 Å². The zero-order chi connectivity index (χ0) is 11.4. The van der Waals surface area contributed by atoms with Crippen LogP contribution in [0.1, 0.15) is 13.1 Å². The van der Waals surface area contributed by atoms with Crippen LogP contribution in [0.25, 0.3) is 0 Å². The number of anilines is 1. The number of aliphatic carboxylic acids is 1. The van der Waals surface area contributed by atoms with Gasteiger partial charge in [-0.25, -0.2) is 9.78 Å². The normalized spacial score (nSPS) is 11.5. The number of carbonyl (C=O) groups is 1. The SMILES string of the molecule is C.O=C(O)C(Cc1cnc[nH]1)Nc1cccs1. The number of hydrogen-bond acceptors (Lipinski definition) is 4. The number of nitrogens with one attached hydrogen (secondary N) is 2. The van der Waals surface area contributed by atoms with Gasteiger partial charge >= 0.3 is 5.97 Å². The summed E-state index contributed by atoms with van der Waals surface area (Å²) in [6, 6.07) is 3.09. The number of thiophene rings is 1. The van der Waals surface area contributed by atoms with Crippen molar-refractivity contribution in [2.45, 2.75) is 19.9 Å². The van der Waals surface area contributed by atoms with E-state index in [0.29, 0.717) is 6.42 Å². The number of rotatable bonds is 5. The zero-order valence-corrected chi connectivity index (χ0v) is 9.20. The van der Waals surface area contributed by atoms with Crippen molar-refractivity contribution in [3.05, 3.63) is 35.7 Å². The highest BCUT2D eigenvalue weighted by molar-refractivity contribution is 7.14. The first-order valence-electron chi connectivity index (χ1n) is 4.76. The molecule has 3 N–H and O–H groups in total. The minimum absolute atomic E-state index is 0. The molecule has 0 aromatic carbocycles. The summed E-state index contributed by atoms with van der Waals surface area (Å²) in [7, 11) is 0. The van der Waals surface area contributed by atoms with Crippen molar-refractivity contribution in [1.29, 1.82) is 0 Å². The van der Waals surface area contributed by atoms with Gasteiger partial charge in [0.1, 0.15) is 6.04 Å². The van der Waals surface area contributed by atoms with Crippen molar-refractivity contribution in [3.8, 4) is 0 Å². The summed E-state index contributed by atoms with van der Waals surface area (Å²) in [6.07, 6.45) is 3.55. The van der Waals surface area contributed by atoms with Gasteiger partial charge in [-0.15, -0.1) is 11.3 Å². The second-order valence-corrected chi connectivity index (χ2v) is 4.24. The molecule has 5 nitrogen and oxygen atoms in total. The third-order valence-electron chi connectivity index (χ3n) is 2.11. The predicted octanol–water partition coefficient (Wildman–Crippen LogP) is 2.22. The zero-order valence-electron chi connectivity index (χ0n) is 8.38. The summed E-state index contributed by atoms with van der Waals surface area (Å²) in [5.74, 6) is -0.872. The molecule has 0 aliphatic carbocycles. The average Bonchev–Trinajstić information content (AvgIpc) is 2.88. The second kappa shape index (κ2) is 6.05. The van der Waals surface area contributed by atoms with Gasteiger partial charge < -0.3 is 15.4 Å². The Kier molecular flexibility index (Phi) is 4.71.